The molecule has 3 heteroatoms. The summed E-state index contributed by atoms with van der Waals surface area (Å²) >= 11 is 0. The van der Waals surface area contributed by atoms with Gasteiger partial charge in [-0.15, -0.1) is 0 Å². The standard InChI is InChI=1S/C16H23NO2/c1-12-4-3-9-17(13(12)2)11-15-7-5-14(6-8-15)10-16(18)19/h5-8,12-13H,3-4,9-11H2,1-2H3,(H,18,19). The van der Waals surface area contributed by atoms with Crippen LogP contribution in [-0.2, 0) is 17.8 Å². The quantitative estimate of drug-likeness (QED) is 0.906. The number of hydrogen-bond acceptors (Lipinski definition) is 2. The molecule has 104 valence electrons. The minimum Gasteiger partial charge on any atom is -0.481 e. The first-order valence-electron chi connectivity index (χ1n) is 7.10. The minimum absolute atomic E-state index is 0.109. The molecule has 2 unspecified atom stereocenters. The van der Waals surface area contributed by atoms with Crippen LogP contribution in [0.5, 0.6) is 0 Å². The van der Waals surface area contributed by atoms with E-state index in [1.165, 1.54) is 24.9 Å². The lowest BCUT2D eigenvalue weighted by Crippen LogP contribution is -2.41. The zero-order valence-electron chi connectivity index (χ0n) is 11.8. The predicted octanol–water partition coefficient (Wildman–Crippen LogP) is 2.93. The van der Waals surface area contributed by atoms with Crippen LogP contribution in [-0.4, -0.2) is 28.6 Å². The number of aliphatic carboxylic acids is 1. The van der Waals surface area contributed by atoms with E-state index in [-0.39, 0.29) is 6.42 Å². The molecule has 19 heavy (non-hydrogen) atoms. The smallest absolute Gasteiger partial charge is 0.307 e. The predicted molar refractivity (Wildman–Crippen MR) is 76.1 cm³/mol. The van der Waals surface area contributed by atoms with Gasteiger partial charge in [-0.25, -0.2) is 0 Å². The average molecular weight is 261 g/mol. The molecule has 0 saturated carbocycles. The van der Waals surface area contributed by atoms with Gasteiger partial charge in [-0.05, 0) is 43.4 Å². The van der Waals surface area contributed by atoms with Crippen LogP contribution < -0.4 is 0 Å². The third-order valence-electron chi connectivity index (χ3n) is 4.27. The SMILES string of the molecule is CC1CCCN(Cc2ccc(CC(=O)O)cc2)C1C. The molecule has 1 fully saturated rings. The van der Waals surface area contributed by atoms with Crippen molar-refractivity contribution in [2.24, 2.45) is 5.92 Å². The molecule has 0 amide bonds. The van der Waals surface area contributed by atoms with Crippen LogP contribution in [0.1, 0.15) is 37.8 Å². The van der Waals surface area contributed by atoms with Crippen molar-refractivity contribution >= 4 is 5.97 Å². The molecule has 1 aromatic rings. The second-order valence-electron chi connectivity index (χ2n) is 5.72. The fraction of sp³-hybridized carbons (Fsp3) is 0.562. The minimum atomic E-state index is -0.772. The van der Waals surface area contributed by atoms with Gasteiger partial charge in [0.1, 0.15) is 0 Å². The van der Waals surface area contributed by atoms with Crippen LogP contribution >= 0.6 is 0 Å². The summed E-state index contributed by atoms with van der Waals surface area (Å²) in [6, 6.07) is 8.62. The summed E-state index contributed by atoms with van der Waals surface area (Å²) in [5, 5.41) is 8.75. The number of carbonyl (C=O) groups is 1. The summed E-state index contributed by atoms with van der Waals surface area (Å²) in [6.07, 6.45) is 2.72. The van der Waals surface area contributed by atoms with Crippen LogP contribution in [0.3, 0.4) is 0 Å². The summed E-state index contributed by atoms with van der Waals surface area (Å²) in [5.41, 5.74) is 2.14. The Bertz CT molecular complexity index is 427. The summed E-state index contributed by atoms with van der Waals surface area (Å²) in [5.74, 6) is -0.00809. The van der Waals surface area contributed by atoms with Crippen molar-refractivity contribution < 1.29 is 9.90 Å². The molecule has 1 aromatic carbocycles. The van der Waals surface area contributed by atoms with Crippen molar-refractivity contribution in [3.63, 3.8) is 0 Å². The van der Waals surface area contributed by atoms with Gasteiger partial charge in [0.2, 0.25) is 0 Å². The number of piperidine rings is 1. The van der Waals surface area contributed by atoms with E-state index in [0.29, 0.717) is 6.04 Å². The largest absolute Gasteiger partial charge is 0.481 e. The molecule has 0 spiro atoms. The monoisotopic (exact) mass is 261 g/mol. The van der Waals surface area contributed by atoms with Gasteiger partial charge in [0.15, 0.2) is 0 Å². The van der Waals surface area contributed by atoms with Crippen molar-refractivity contribution in [2.75, 3.05) is 6.54 Å². The Morgan fingerprint density at radius 3 is 2.53 bits per heavy atom. The number of benzene rings is 1. The van der Waals surface area contributed by atoms with Crippen LogP contribution in [0.2, 0.25) is 0 Å². The van der Waals surface area contributed by atoms with Crippen molar-refractivity contribution in [1.82, 2.24) is 4.90 Å². The molecule has 1 saturated heterocycles. The number of nitrogens with zero attached hydrogens (tertiary/aromatic N) is 1. The third-order valence-corrected chi connectivity index (χ3v) is 4.27. The first kappa shape index (κ1) is 14.1. The maximum Gasteiger partial charge on any atom is 0.307 e. The molecule has 1 aliphatic heterocycles. The summed E-state index contributed by atoms with van der Waals surface area (Å²) in [7, 11) is 0. The molecule has 0 radical (unpaired) electrons. The topological polar surface area (TPSA) is 40.5 Å². The van der Waals surface area contributed by atoms with Gasteiger partial charge in [0.05, 0.1) is 6.42 Å². The fourth-order valence-corrected chi connectivity index (χ4v) is 2.82. The summed E-state index contributed by atoms with van der Waals surface area (Å²) < 4.78 is 0. The van der Waals surface area contributed by atoms with Gasteiger partial charge in [-0.2, -0.15) is 0 Å². The Labute approximate surface area is 115 Å². The first-order valence-corrected chi connectivity index (χ1v) is 7.10. The average Bonchev–Trinajstić information content (AvgIpc) is 2.37. The lowest BCUT2D eigenvalue weighted by molar-refractivity contribution is -0.136. The molecule has 1 N–H and O–H groups in total. The van der Waals surface area contributed by atoms with E-state index in [9.17, 15) is 4.79 Å². The van der Waals surface area contributed by atoms with E-state index in [2.05, 4.69) is 30.9 Å². The van der Waals surface area contributed by atoms with Gasteiger partial charge in [-0.3, -0.25) is 9.69 Å². The molecule has 3 nitrogen and oxygen atoms in total. The zero-order valence-corrected chi connectivity index (χ0v) is 11.8. The lowest BCUT2D eigenvalue weighted by atomic mass is 9.91. The van der Waals surface area contributed by atoms with E-state index in [1.807, 2.05) is 12.1 Å². The molecule has 2 atom stereocenters. The van der Waals surface area contributed by atoms with E-state index in [4.69, 9.17) is 5.11 Å². The highest BCUT2D eigenvalue weighted by Gasteiger charge is 2.24. The Morgan fingerprint density at radius 2 is 1.89 bits per heavy atom. The molecule has 0 aromatic heterocycles. The Morgan fingerprint density at radius 1 is 1.26 bits per heavy atom. The summed E-state index contributed by atoms with van der Waals surface area (Å²) in [4.78, 5) is 13.2. The Kier molecular flexibility index (Phi) is 4.59. The van der Waals surface area contributed by atoms with Gasteiger partial charge in [0, 0.05) is 12.6 Å². The second kappa shape index (κ2) is 6.20. The second-order valence-corrected chi connectivity index (χ2v) is 5.72. The zero-order chi connectivity index (χ0) is 13.8. The molecular formula is C16H23NO2. The van der Waals surface area contributed by atoms with Crippen molar-refractivity contribution in [3.05, 3.63) is 35.4 Å². The van der Waals surface area contributed by atoms with E-state index in [0.717, 1.165) is 18.0 Å². The number of likely N-dealkylation sites (tertiary alicyclic amines) is 1. The van der Waals surface area contributed by atoms with Crippen LogP contribution in [0, 0.1) is 5.92 Å². The third kappa shape index (κ3) is 3.80. The van der Waals surface area contributed by atoms with Crippen molar-refractivity contribution in [1.29, 1.82) is 0 Å². The molecule has 0 bridgehead atoms. The van der Waals surface area contributed by atoms with E-state index < -0.39 is 5.97 Å². The molecule has 0 aliphatic carbocycles. The number of carboxylic acids is 1. The van der Waals surface area contributed by atoms with Gasteiger partial charge in [0.25, 0.3) is 0 Å². The molecule has 1 aliphatic rings. The maximum atomic E-state index is 10.6. The van der Waals surface area contributed by atoms with E-state index >= 15 is 0 Å². The Hall–Kier alpha value is -1.35. The van der Waals surface area contributed by atoms with Gasteiger partial charge >= 0.3 is 5.97 Å². The molecular weight excluding hydrogens is 238 g/mol. The number of carboxylic acid groups (broad SMARTS) is 1. The van der Waals surface area contributed by atoms with Crippen LogP contribution in [0.15, 0.2) is 24.3 Å². The normalized spacial score (nSPS) is 24.3. The van der Waals surface area contributed by atoms with E-state index in [1.54, 1.807) is 0 Å². The highest BCUT2D eigenvalue weighted by molar-refractivity contribution is 5.70. The summed E-state index contributed by atoms with van der Waals surface area (Å²) in [6.45, 7) is 6.77. The van der Waals surface area contributed by atoms with Gasteiger partial charge < -0.3 is 5.11 Å². The Balaban J connectivity index is 1.97. The van der Waals surface area contributed by atoms with Crippen molar-refractivity contribution in [3.8, 4) is 0 Å². The lowest BCUT2D eigenvalue weighted by Gasteiger charge is -2.38. The number of hydrogen-bond donors (Lipinski definition) is 1. The first-order chi connectivity index (χ1) is 9.06. The van der Waals surface area contributed by atoms with Crippen LogP contribution in [0.25, 0.3) is 0 Å². The van der Waals surface area contributed by atoms with Crippen LogP contribution in [0.4, 0.5) is 0 Å². The highest BCUT2D eigenvalue weighted by Crippen LogP contribution is 2.24. The molecule has 1 heterocycles. The maximum absolute atomic E-state index is 10.6. The van der Waals surface area contributed by atoms with Crippen molar-refractivity contribution in [2.45, 2.75) is 45.7 Å². The highest BCUT2D eigenvalue weighted by atomic mass is 16.4. The molecule has 2 rings (SSSR count). The number of rotatable bonds is 4. The fourth-order valence-electron chi connectivity index (χ4n) is 2.82. The van der Waals surface area contributed by atoms with Gasteiger partial charge in [-0.1, -0.05) is 31.2 Å².